The van der Waals surface area contributed by atoms with Crippen LogP contribution < -0.4 is 5.32 Å². The molecule has 0 bridgehead atoms. The summed E-state index contributed by atoms with van der Waals surface area (Å²) in [4.78, 5) is 0. The number of aryl methyl sites for hydroxylation is 2. The first kappa shape index (κ1) is 15.1. The summed E-state index contributed by atoms with van der Waals surface area (Å²) in [6, 6.07) is 10.4. The monoisotopic (exact) mass is 291 g/mol. The van der Waals surface area contributed by atoms with E-state index in [0.717, 1.165) is 30.2 Å². The third kappa shape index (κ3) is 3.62. The number of rotatable bonds is 6. The lowest BCUT2D eigenvalue weighted by atomic mass is 10.1. The Kier molecular flexibility index (Phi) is 5.21. The minimum atomic E-state index is 0.263. The minimum absolute atomic E-state index is 0.263. The van der Waals surface area contributed by atoms with Gasteiger partial charge >= 0.3 is 0 Å². The Morgan fingerprint density at radius 3 is 2.75 bits per heavy atom. The first-order valence-electron chi connectivity index (χ1n) is 7.18. The zero-order valence-corrected chi connectivity index (χ0v) is 13.1. The van der Waals surface area contributed by atoms with Crippen LogP contribution in [0.15, 0.2) is 30.3 Å². The van der Waals surface area contributed by atoms with Crippen LogP contribution in [-0.4, -0.2) is 9.78 Å². The number of hydrogen-bond donors (Lipinski definition) is 1. The van der Waals surface area contributed by atoms with Gasteiger partial charge in [0.05, 0.1) is 11.4 Å². The molecule has 0 aliphatic heterocycles. The Balaban J connectivity index is 2.03. The van der Waals surface area contributed by atoms with E-state index in [2.05, 4.69) is 48.0 Å². The lowest BCUT2D eigenvalue weighted by molar-refractivity contribution is 0.530. The lowest BCUT2D eigenvalue weighted by Crippen LogP contribution is -2.20. The van der Waals surface area contributed by atoms with E-state index in [4.69, 9.17) is 11.6 Å². The van der Waals surface area contributed by atoms with Crippen LogP contribution in [0.3, 0.4) is 0 Å². The molecule has 0 spiro atoms. The highest BCUT2D eigenvalue weighted by molar-refractivity contribution is 6.30. The normalized spacial score (nSPS) is 12.6. The molecule has 0 fully saturated rings. The predicted octanol–water partition coefficient (Wildman–Crippen LogP) is 3.97. The van der Waals surface area contributed by atoms with Gasteiger partial charge in [0.25, 0.3) is 0 Å². The Labute approximate surface area is 126 Å². The zero-order chi connectivity index (χ0) is 14.5. The largest absolute Gasteiger partial charge is 0.305 e. The van der Waals surface area contributed by atoms with E-state index >= 15 is 0 Å². The molecular formula is C16H22ClN3. The fourth-order valence-electron chi connectivity index (χ4n) is 2.26. The molecule has 2 aromatic rings. The van der Waals surface area contributed by atoms with Gasteiger partial charge in [-0.3, -0.25) is 4.68 Å². The van der Waals surface area contributed by atoms with Gasteiger partial charge in [-0.05, 0) is 44.0 Å². The van der Waals surface area contributed by atoms with Crippen molar-refractivity contribution >= 4 is 11.6 Å². The van der Waals surface area contributed by atoms with Gasteiger partial charge in [0.2, 0.25) is 0 Å². The van der Waals surface area contributed by atoms with Gasteiger partial charge in [0.15, 0.2) is 0 Å². The van der Waals surface area contributed by atoms with Crippen molar-refractivity contribution in [2.45, 2.75) is 46.3 Å². The van der Waals surface area contributed by atoms with Gasteiger partial charge in [-0.25, -0.2) is 0 Å². The maximum absolute atomic E-state index is 6.03. The first-order valence-corrected chi connectivity index (χ1v) is 7.56. The molecule has 0 saturated carbocycles. The van der Waals surface area contributed by atoms with Gasteiger partial charge < -0.3 is 5.32 Å². The summed E-state index contributed by atoms with van der Waals surface area (Å²) in [5.74, 6) is 0. The molecule has 1 N–H and O–H groups in total. The molecule has 1 atom stereocenters. The first-order chi connectivity index (χ1) is 9.63. The number of benzene rings is 1. The van der Waals surface area contributed by atoms with Crippen molar-refractivity contribution in [3.63, 3.8) is 0 Å². The number of hydrogen-bond acceptors (Lipinski definition) is 2. The predicted molar refractivity (Wildman–Crippen MR) is 84.0 cm³/mol. The van der Waals surface area contributed by atoms with Gasteiger partial charge in [0, 0.05) is 24.2 Å². The summed E-state index contributed by atoms with van der Waals surface area (Å²) in [6.45, 7) is 8.13. The van der Waals surface area contributed by atoms with E-state index < -0.39 is 0 Å². The third-order valence-corrected chi connectivity index (χ3v) is 3.75. The molecule has 0 radical (unpaired) electrons. The minimum Gasteiger partial charge on any atom is -0.305 e. The average molecular weight is 292 g/mol. The van der Waals surface area contributed by atoms with E-state index in [1.807, 2.05) is 18.2 Å². The lowest BCUT2D eigenvalue weighted by Gasteiger charge is -2.15. The summed E-state index contributed by atoms with van der Waals surface area (Å²) in [5, 5.41) is 8.88. The highest BCUT2D eigenvalue weighted by Gasteiger charge is 2.09. The summed E-state index contributed by atoms with van der Waals surface area (Å²) in [5.41, 5.74) is 3.59. The maximum Gasteiger partial charge on any atom is 0.0625 e. The van der Waals surface area contributed by atoms with E-state index in [0.29, 0.717) is 0 Å². The quantitative estimate of drug-likeness (QED) is 0.873. The van der Waals surface area contributed by atoms with Gasteiger partial charge in [-0.2, -0.15) is 5.10 Å². The fraction of sp³-hybridized carbons (Fsp3) is 0.438. The van der Waals surface area contributed by atoms with Crippen LogP contribution in [0.5, 0.6) is 0 Å². The Morgan fingerprint density at radius 1 is 1.30 bits per heavy atom. The molecule has 1 aromatic heterocycles. The summed E-state index contributed by atoms with van der Waals surface area (Å²) >= 11 is 6.03. The smallest absolute Gasteiger partial charge is 0.0625 e. The second-order valence-electron chi connectivity index (χ2n) is 4.95. The van der Waals surface area contributed by atoms with Crippen molar-refractivity contribution in [3.05, 3.63) is 52.3 Å². The number of nitrogens with one attached hydrogen (secondary N) is 1. The Hall–Kier alpha value is -1.32. The van der Waals surface area contributed by atoms with Crippen LogP contribution in [0.1, 0.15) is 43.8 Å². The molecule has 1 aromatic carbocycles. The average Bonchev–Trinajstić information content (AvgIpc) is 2.87. The van der Waals surface area contributed by atoms with Gasteiger partial charge in [0.1, 0.15) is 0 Å². The van der Waals surface area contributed by atoms with Crippen molar-refractivity contribution in [1.82, 2.24) is 15.1 Å². The number of nitrogens with zero attached hydrogens (tertiary/aromatic N) is 2. The topological polar surface area (TPSA) is 29.9 Å². The molecule has 4 heteroatoms. The zero-order valence-electron chi connectivity index (χ0n) is 12.4. The van der Waals surface area contributed by atoms with Crippen LogP contribution in [0.4, 0.5) is 0 Å². The van der Waals surface area contributed by atoms with Crippen LogP contribution in [0.25, 0.3) is 0 Å². The van der Waals surface area contributed by atoms with Gasteiger partial charge in [-0.15, -0.1) is 0 Å². The van der Waals surface area contributed by atoms with E-state index in [-0.39, 0.29) is 6.04 Å². The molecule has 3 nitrogen and oxygen atoms in total. The summed E-state index contributed by atoms with van der Waals surface area (Å²) in [7, 11) is 0. The van der Waals surface area contributed by atoms with E-state index in [9.17, 15) is 0 Å². The number of aromatic nitrogens is 2. The number of halogens is 1. The molecule has 0 amide bonds. The second kappa shape index (κ2) is 6.91. The highest BCUT2D eigenvalue weighted by Crippen LogP contribution is 2.18. The molecule has 0 aliphatic carbocycles. The fourth-order valence-corrected chi connectivity index (χ4v) is 2.45. The molecule has 20 heavy (non-hydrogen) atoms. The van der Waals surface area contributed by atoms with Crippen LogP contribution in [0.2, 0.25) is 5.02 Å². The van der Waals surface area contributed by atoms with Crippen molar-refractivity contribution in [2.24, 2.45) is 0 Å². The molecule has 2 rings (SSSR count). The standard InChI is InChI=1S/C16H22ClN3/c1-4-15-10-16(20(5-2)19-15)11-18-12(3)13-7-6-8-14(17)9-13/h6-10,12,18H,4-5,11H2,1-3H3/t12-/m1/s1. The molecule has 108 valence electrons. The molecular weight excluding hydrogens is 270 g/mol. The van der Waals surface area contributed by atoms with Crippen molar-refractivity contribution in [2.75, 3.05) is 0 Å². The Bertz CT molecular complexity index is 563. The summed E-state index contributed by atoms with van der Waals surface area (Å²) in [6.07, 6.45) is 0.976. The Morgan fingerprint density at radius 2 is 2.10 bits per heavy atom. The van der Waals surface area contributed by atoms with Crippen molar-refractivity contribution in [3.8, 4) is 0 Å². The van der Waals surface area contributed by atoms with Crippen molar-refractivity contribution in [1.29, 1.82) is 0 Å². The van der Waals surface area contributed by atoms with Crippen molar-refractivity contribution < 1.29 is 0 Å². The summed E-state index contributed by atoms with van der Waals surface area (Å²) < 4.78 is 2.07. The highest BCUT2D eigenvalue weighted by atomic mass is 35.5. The van der Waals surface area contributed by atoms with Crippen LogP contribution in [-0.2, 0) is 19.5 Å². The molecule has 0 unspecified atom stereocenters. The van der Waals surface area contributed by atoms with E-state index in [1.54, 1.807) is 0 Å². The second-order valence-corrected chi connectivity index (χ2v) is 5.39. The van der Waals surface area contributed by atoms with Crippen LogP contribution in [0, 0.1) is 0 Å². The molecule has 1 heterocycles. The van der Waals surface area contributed by atoms with Crippen LogP contribution >= 0.6 is 11.6 Å². The molecule has 0 saturated heterocycles. The SMILES string of the molecule is CCc1cc(CN[C@H](C)c2cccc(Cl)c2)n(CC)n1. The maximum atomic E-state index is 6.03. The van der Waals surface area contributed by atoms with E-state index in [1.165, 1.54) is 11.3 Å². The molecule has 0 aliphatic rings. The third-order valence-electron chi connectivity index (χ3n) is 3.51. The van der Waals surface area contributed by atoms with Gasteiger partial charge in [-0.1, -0.05) is 30.7 Å².